The van der Waals surface area contributed by atoms with Gasteiger partial charge in [0.25, 0.3) is 11.5 Å². The summed E-state index contributed by atoms with van der Waals surface area (Å²) in [4.78, 5) is 12.4. The van der Waals surface area contributed by atoms with Crippen molar-refractivity contribution in [2.45, 2.75) is 35.1 Å². The molecule has 1 aliphatic carbocycles. The van der Waals surface area contributed by atoms with E-state index >= 15 is 8.78 Å². The minimum atomic E-state index is -5.47. The van der Waals surface area contributed by atoms with Crippen molar-refractivity contribution in [3.63, 3.8) is 0 Å². The highest BCUT2D eigenvalue weighted by molar-refractivity contribution is 7.90. The SMILES string of the molecule is COC(C(=O)O[C@H]1c2c(S(C)(=O)=O)ccc(Oc3cc(F)cc(Cl)c3)c2CC1(F)F)(c1ccccc1)C(F)(F)F. The molecule has 0 saturated heterocycles. The van der Waals surface area contributed by atoms with Crippen LogP contribution < -0.4 is 4.74 Å². The van der Waals surface area contributed by atoms with Crippen LogP contribution in [0.2, 0.25) is 5.02 Å². The van der Waals surface area contributed by atoms with Crippen LogP contribution in [0.3, 0.4) is 0 Å². The summed E-state index contributed by atoms with van der Waals surface area (Å²) >= 11 is 5.81. The fourth-order valence-corrected chi connectivity index (χ4v) is 5.64. The lowest BCUT2D eigenvalue weighted by atomic mass is 9.92. The van der Waals surface area contributed by atoms with E-state index in [0.717, 1.165) is 42.5 Å². The molecule has 1 aliphatic rings. The second-order valence-electron chi connectivity index (χ2n) is 8.91. The Labute approximate surface area is 229 Å². The average molecular weight is 609 g/mol. The quantitative estimate of drug-likeness (QED) is 0.223. The van der Waals surface area contributed by atoms with Crippen molar-refractivity contribution < 1.29 is 53.8 Å². The molecule has 14 heteroatoms. The van der Waals surface area contributed by atoms with Crippen LogP contribution in [0.4, 0.5) is 26.3 Å². The van der Waals surface area contributed by atoms with Gasteiger partial charge in [-0.1, -0.05) is 41.9 Å². The molecule has 0 saturated carbocycles. The summed E-state index contributed by atoms with van der Waals surface area (Å²) in [6.07, 6.45) is -8.85. The number of sulfone groups is 1. The Bertz CT molecular complexity index is 1540. The molecular formula is C26H19ClF6O6S. The lowest BCUT2D eigenvalue weighted by molar-refractivity contribution is -0.282. The smallest absolute Gasteiger partial charge is 0.432 e. The summed E-state index contributed by atoms with van der Waals surface area (Å²) in [6.45, 7) is 0. The lowest BCUT2D eigenvalue weighted by Gasteiger charge is -2.34. The number of carbonyl (C=O) groups is 1. The Balaban J connectivity index is 1.87. The Morgan fingerprint density at radius 2 is 1.70 bits per heavy atom. The van der Waals surface area contributed by atoms with E-state index in [9.17, 15) is 30.8 Å². The highest BCUT2D eigenvalue weighted by Gasteiger charge is 2.66. The Hall–Kier alpha value is -3.29. The van der Waals surface area contributed by atoms with E-state index in [0.29, 0.717) is 13.4 Å². The van der Waals surface area contributed by atoms with Crippen LogP contribution in [0.1, 0.15) is 22.8 Å². The zero-order valence-corrected chi connectivity index (χ0v) is 22.1. The van der Waals surface area contributed by atoms with Crippen LogP contribution in [0.5, 0.6) is 11.5 Å². The summed E-state index contributed by atoms with van der Waals surface area (Å²) in [6, 6.07) is 10.4. The average Bonchev–Trinajstić information content (AvgIpc) is 3.09. The van der Waals surface area contributed by atoms with Crippen LogP contribution in [0.15, 0.2) is 65.6 Å². The molecule has 214 valence electrons. The number of carbonyl (C=O) groups excluding carboxylic acids is 1. The number of alkyl halides is 5. The Kier molecular flexibility index (Phi) is 7.63. The molecule has 6 nitrogen and oxygen atoms in total. The number of fused-ring (bicyclic) bond motifs is 1. The third-order valence-corrected chi connectivity index (χ3v) is 7.57. The fourth-order valence-electron chi connectivity index (χ4n) is 4.49. The van der Waals surface area contributed by atoms with Crippen LogP contribution in [-0.2, 0) is 36.1 Å². The van der Waals surface area contributed by atoms with Crippen LogP contribution in [0, 0.1) is 5.82 Å². The maximum absolute atomic E-state index is 15.4. The number of benzene rings is 3. The Morgan fingerprint density at radius 1 is 1.05 bits per heavy atom. The maximum atomic E-state index is 15.4. The first-order valence-electron chi connectivity index (χ1n) is 11.3. The topological polar surface area (TPSA) is 78.9 Å². The van der Waals surface area contributed by atoms with Crippen LogP contribution >= 0.6 is 11.6 Å². The van der Waals surface area contributed by atoms with Crippen molar-refractivity contribution in [1.29, 1.82) is 0 Å². The normalized spacial score (nSPS) is 18.1. The highest BCUT2D eigenvalue weighted by atomic mass is 35.5. The van der Waals surface area contributed by atoms with E-state index in [2.05, 4.69) is 4.74 Å². The molecular weight excluding hydrogens is 590 g/mol. The molecule has 1 unspecified atom stereocenters. The number of esters is 1. The largest absolute Gasteiger partial charge is 0.457 e. The van der Waals surface area contributed by atoms with Crippen molar-refractivity contribution in [3.05, 3.63) is 88.2 Å². The van der Waals surface area contributed by atoms with E-state index < -0.39 is 73.4 Å². The van der Waals surface area contributed by atoms with Crippen molar-refractivity contribution in [2.24, 2.45) is 0 Å². The molecule has 4 rings (SSSR count). The summed E-state index contributed by atoms with van der Waals surface area (Å²) in [5.41, 5.74) is -5.81. The predicted molar refractivity (Wildman–Crippen MR) is 130 cm³/mol. The number of hydrogen-bond acceptors (Lipinski definition) is 6. The van der Waals surface area contributed by atoms with Gasteiger partial charge in [-0.05, 0) is 24.3 Å². The number of ether oxygens (including phenoxy) is 3. The second kappa shape index (κ2) is 10.3. The van der Waals surface area contributed by atoms with Crippen LogP contribution in [0.25, 0.3) is 0 Å². The number of halogens is 7. The molecule has 0 N–H and O–H groups in total. The van der Waals surface area contributed by atoms with Gasteiger partial charge >= 0.3 is 12.1 Å². The van der Waals surface area contributed by atoms with Gasteiger partial charge in [-0.2, -0.15) is 13.2 Å². The third-order valence-electron chi connectivity index (χ3n) is 6.19. The van der Waals surface area contributed by atoms with Crippen molar-refractivity contribution >= 4 is 27.4 Å². The number of rotatable bonds is 7. The Morgan fingerprint density at radius 3 is 2.25 bits per heavy atom. The van der Waals surface area contributed by atoms with Gasteiger partial charge in [0.05, 0.1) is 4.90 Å². The van der Waals surface area contributed by atoms with Gasteiger partial charge in [-0.25, -0.2) is 26.4 Å². The molecule has 0 amide bonds. The lowest BCUT2D eigenvalue weighted by Crippen LogP contribution is -2.52. The van der Waals surface area contributed by atoms with Gasteiger partial charge < -0.3 is 14.2 Å². The van der Waals surface area contributed by atoms with E-state index in [1.807, 2.05) is 0 Å². The van der Waals surface area contributed by atoms with Gasteiger partial charge in [-0.3, -0.25) is 0 Å². The first-order chi connectivity index (χ1) is 18.5. The minimum absolute atomic E-state index is 0.0968. The zero-order valence-electron chi connectivity index (χ0n) is 20.6. The van der Waals surface area contributed by atoms with Crippen molar-refractivity contribution in [1.82, 2.24) is 0 Å². The fraction of sp³-hybridized carbons (Fsp3) is 0.269. The summed E-state index contributed by atoms with van der Waals surface area (Å²) in [5.74, 6) is -7.76. The maximum Gasteiger partial charge on any atom is 0.432 e. The van der Waals surface area contributed by atoms with E-state index in [1.165, 1.54) is 18.2 Å². The molecule has 3 aromatic carbocycles. The number of methoxy groups -OCH3 is 1. The molecule has 0 aliphatic heterocycles. The van der Waals surface area contributed by atoms with Gasteiger partial charge in [0, 0.05) is 47.6 Å². The summed E-state index contributed by atoms with van der Waals surface area (Å²) in [7, 11) is -3.73. The summed E-state index contributed by atoms with van der Waals surface area (Å²) in [5, 5.41) is -0.0968. The summed E-state index contributed by atoms with van der Waals surface area (Å²) < 4.78 is 128. The number of hydrogen-bond donors (Lipinski definition) is 0. The van der Waals surface area contributed by atoms with E-state index in [4.69, 9.17) is 21.1 Å². The van der Waals surface area contributed by atoms with Crippen molar-refractivity contribution in [2.75, 3.05) is 13.4 Å². The van der Waals surface area contributed by atoms with Gasteiger partial charge in [0.2, 0.25) is 0 Å². The molecule has 0 radical (unpaired) electrons. The molecule has 0 spiro atoms. The molecule has 0 heterocycles. The molecule has 0 fully saturated rings. The standard InChI is InChI=1S/C26H19ClF6O6S/c1-37-25(26(31,32)33,14-6-4-3-5-7-14)23(34)39-22-21-18(13-24(22,29)30)19(8-9-20(21)40(2,35)36)38-17-11-15(27)10-16(28)12-17/h3-12,22H,13H2,1-2H3/t22-,25?/m0/s1. The van der Waals surface area contributed by atoms with Gasteiger partial charge in [-0.15, -0.1) is 0 Å². The van der Waals surface area contributed by atoms with E-state index in [-0.39, 0.29) is 16.5 Å². The first kappa shape index (κ1) is 29.7. The second-order valence-corrected chi connectivity index (χ2v) is 11.3. The van der Waals surface area contributed by atoms with Gasteiger partial charge in [0.1, 0.15) is 17.3 Å². The molecule has 0 aromatic heterocycles. The third kappa shape index (κ3) is 5.25. The molecule has 3 aromatic rings. The molecule has 2 atom stereocenters. The first-order valence-corrected chi connectivity index (χ1v) is 13.5. The predicted octanol–water partition coefficient (Wildman–Crippen LogP) is 6.55. The van der Waals surface area contributed by atoms with E-state index in [1.54, 1.807) is 0 Å². The molecule has 40 heavy (non-hydrogen) atoms. The molecule has 0 bridgehead atoms. The minimum Gasteiger partial charge on any atom is -0.457 e. The highest BCUT2D eigenvalue weighted by Crippen LogP contribution is 2.53. The monoisotopic (exact) mass is 608 g/mol. The van der Waals surface area contributed by atoms with Gasteiger partial charge in [0.15, 0.2) is 15.9 Å². The van der Waals surface area contributed by atoms with Crippen molar-refractivity contribution in [3.8, 4) is 11.5 Å². The zero-order chi connectivity index (χ0) is 29.7. The van der Waals surface area contributed by atoms with Crippen LogP contribution in [-0.4, -0.2) is 39.9 Å².